The Bertz CT molecular complexity index is 505. The minimum absolute atomic E-state index is 0.0577. The zero-order chi connectivity index (χ0) is 17.8. The van der Waals surface area contributed by atoms with Gasteiger partial charge in [-0.2, -0.15) is 0 Å². The normalized spacial score (nSPS) is 12.4. The van der Waals surface area contributed by atoms with E-state index in [2.05, 4.69) is 22.5 Å². The van der Waals surface area contributed by atoms with Crippen LogP contribution in [0.5, 0.6) is 5.75 Å². The van der Waals surface area contributed by atoms with Crippen molar-refractivity contribution >= 4 is 11.9 Å². The molecular weight excluding hydrogens is 304 g/mol. The molecule has 0 aliphatic heterocycles. The fourth-order valence-electron chi connectivity index (χ4n) is 2.04. The lowest BCUT2D eigenvalue weighted by Crippen LogP contribution is -2.42. The molecular formula is C18H30N4O2. The average molecular weight is 334 g/mol. The molecule has 0 aliphatic carbocycles. The van der Waals surface area contributed by atoms with Crippen LogP contribution in [0.25, 0.3) is 0 Å². The highest BCUT2D eigenvalue weighted by Crippen LogP contribution is 2.07. The molecule has 0 saturated carbocycles. The number of carbonyl (C=O) groups excluding carboxylic acids is 1. The first-order chi connectivity index (χ1) is 11.6. The number of hydrogen-bond donors (Lipinski definition) is 2. The van der Waals surface area contributed by atoms with E-state index in [-0.39, 0.29) is 11.9 Å². The molecule has 1 aromatic rings. The Balaban J connectivity index is 2.26. The van der Waals surface area contributed by atoms with E-state index < -0.39 is 0 Å². The number of guanidine groups is 1. The van der Waals surface area contributed by atoms with Gasteiger partial charge in [-0.15, -0.1) is 0 Å². The van der Waals surface area contributed by atoms with E-state index in [9.17, 15) is 4.79 Å². The molecule has 0 heterocycles. The molecule has 1 unspecified atom stereocenters. The number of likely N-dealkylation sites (N-methyl/N-ethyl adjacent to an activating group) is 1. The van der Waals surface area contributed by atoms with Gasteiger partial charge in [0.25, 0.3) is 0 Å². The van der Waals surface area contributed by atoms with Gasteiger partial charge < -0.3 is 20.3 Å². The highest BCUT2D eigenvalue weighted by molar-refractivity contribution is 5.81. The lowest BCUT2D eigenvalue weighted by atomic mass is 10.2. The van der Waals surface area contributed by atoms with Gasteiger partial charge >= 0.3 is 0 Å². The van der Waals surface area contributed by atoms with Crippen LogP contribution in [0.3, 0.4) is 0 Å². The first kappa shape index (κ1) is 19.8. The summed E-state index contributed by atoms with van der Waals surface area (Å²) in [5.41, 5.74) is 0. The van der Waals surface area contributed by atoms with Crippen LogP contribution < -0.4 is 15.4 Å². The van der Waals surface area contributed by atoms with Gasteiger partial charge in [0.15, 0.2) is 5.96 Å². The molecule has 6 nitrogen and oxygen atoms in total. The number of benzene rings is 1. The first-order valence-electron chi connectivity index (χ1n) is 8.45. The maximum Gasteiger partial charge on any atom is 0.221 e. The van der Waals surface area contributed by atoms with Crippen LogP contribution in [0.4, 0.5) is 0 Å². The van der Waals surface area contributed by atoms with Crippen molar-refractivity contribution in [2.45, 2.75) is 32.7 Å². The Morgan fingerprint density at radius 2 is 2.04 bits per heavy atom. The van der Waals surface area contributed by atoms with Crippen LogP contribution in [0.2, 0.25) is 0 Å². The molecule has 1 rings (SSSR count). The third-order valence-corrected chi connectivity index (χ3v) is 3.67. The van der Waals surface area contributed by atoms with Crippen LogP contribution in [0.1, 0.15) is 26.7 Å². The molecule has 0 bridgehead atoms. The molecule has 134 valence electrons. The lowest BCUT2D eigenvalue weighted by Gasteiger charge is -2.22. The van der Waals surface area contributed by atoms with E-state index in [0.29, 0.717) is 26.1 Å². The Kier molecular flexibility index (Phi) is 9.34. The van der Waals surface area contributed by atoms with E-state index in [0.717, 1.165) is 18.1 Å². The number of rotatable bonds is 9. The summed E-state index contributed by atoms with van der Waals surface area (Å²) in [5, 5.41) is 6.15. The van der Waals surface area contributed by atoms with E-state index in [1.54, 1.807) is 7.05 Å². The van der Waals surface area contributed by atoms with Gasteiger partial charge in [-0.05, 0) is 25.5 Å². The topological polar surface area (TPSA) is 66.0 Å². The second-order valence-corrected chi connectivity index (χ2v) is 5.68. The van der Waals surface area contributed by atoms with Crippen molar-refractivity contribution in [2.24, 2.45) is 4.99 Å². The van der Waals surface area contributed by atoms with Crippen molar-refractivity contribution < 1.29 is 9.53 Å². The van der Waals surface area contributed by atoms with Crippen molar-refractivity contribution in [3.63, 3.8) is 0 Å². The molecule has 24 heavy (non-hydrogen) atoms. The number of para-hydroxylation sites is 1. The molecule has 0 spiro atoms. The van der Waals surface area contributed by atoms with E-state index in [1.165, 1.54) is 0 Å². The van der Waals surface area contributed by atoms with E-state index in [1.807, 2.05) is 49.2 Å². The van der Waals surface area contributed by atoms with Gasteiger partial charge in [0, 0.05) is 33.1 Å². The third-order valence-electron chi connectivity index (χ3n) is 3.67. The predicted molar refractivity (Wildman–Crippen MR) is 98.4 cm³/mol. The third kappa shape index (κ3) is 7.85. The summed E-state index contributed by atoms with van der Waals surface area (Å²) in [6.07, 6.45) is 1.36. The SMILES string of the molecule is CCC(C)NC(=O)CCNC(=NC)N(C)CCOc1ccccc1. The van der Waals surface area contributed by atoms with Crippen LogP contribution in [-0.4, -0.2) is 56.6 Å². The minimum Gasteiger partial charge on any atom is -0.492 e. The van der Waals surface area contributed by atoms with E-state index >= 15 is 0 Å². The van der Waals surface area contributed by atoms with Gasteiger partial charge in [0.2, 0.25) is 5.91 Å². The number of nitrogens with one attached hydrogen (secondary N) is 2. The second kappa shape index (κ2) is 11.3. The quantitative estimate of drug-likeness (QED) is 0.534. The van der Waals surface area contributed by atoms with Crippen molar-refractivity contribution in [1.82, 2.24) is 15.5 Å². The zero-order valence-corrected chi connectivity index (χ0v) is 15.2. The summed E-state index contributed by atoms with van der Waals surface area (Å²) in [7, 11) is 3.68. The van der Waals surface area contributed by atoms with Crippen LogP contribution in [0, 0.1) is 0 Å². The number of amides is 1. The highest BCUT2D eigenvalue weighted by Gasteiger charge is 2.08. The lowest BCUT2D eigenvalue weighted by molar-refractivity contribution is -0.121. The van der Waals surface area contributed by atoms with Gasteiger partial charge in [-0.1, -0.05) is 25.1 Å². The molecule has 2 N–H and O–H groups in total. The highest BCUT2D eigenvalue weighted by atomic mass is 16.5. The second-order valence-electron chi connectivity index (χ2n) is 5.68. The average Bonchev–Trinajstić information content (AvgIpc) is 2.59. The van der Waals surface area contributed by atoms with Crippen LogP contribution in [-0.2, 0) is 4.79 Å². The van der Waals surface area contributed by atoms with Gasteiger partial charge in [-0.25, -0.2) is 0 Å². The summed E-state index contributed by atoms with van der Waals surface area (Å²) in [6, 6.07) is 9.94. The summed E-state index contributed by atoms with van der Waals surface area (Å²) in [6.45, 7) is 5.88. The van der Waals surface area contributed by atoms with Gasteiger partial charge in [0.1, 0.15) is 12.4 Å². The first-order valence-corrected chi connectivity index (χ1v) is 8.45. The van der Waals surface area contributed by atoms with Crippen molar-refractivity contribution in [3.05, 3.63) is 30.3 Å². The van der Waals surface area contributed by atoms with E-state index in [4.69, 9.17) is 4.74 Å². The summed E-state index contributed by atoms with van der Waals surface area (Å²) < 4.78 is 5.68. The van der Waals surface area contributed by atoms with Crippen LogP contribution in [0.15, 0.2) is 35.3 Å². The molecule has 0 radical (unpaired) electrons. The molecule has 0 aliphatic rings. The van der Waals surface area contributed by atoms with Crippen LogP contribution >= 0.6 is 0 Å². The molecule has 0 saturated heterocycles. The number of aliphatic imine (C=N–C) groups is 1. The fourth-order valence-corrected chi connectivity index (χ4v) is 2.04. The smallest absolute Gasteiger partial charge is 0.221 e. The van der Waals surface area contributed by atoms with Crippen molar-refractivity contribution in [3.8, 4) is 5.75 Å². The largest absolute Gasteiger partial charge is 0.492 e. The van der Waals surface area contributed by atoms with Gasteiger partial charge in [-0.3, -0.25) is 9.79 Å². The number of nitrogens with zero attached hydrogens (tertiary/aromatic N) is 2. The van der Waals surface area contributed by atoms with Gasteiger partial charge in [0.05, 0.1) is 6.54 Å². The summed E-state index contributed by atoms with van der Waals surface area (Å²) in [5.74, 6) is 1.67. The molecule has 6 heteroatoms. The standard InChI is InChI=1S/C18H30N4O2/c1-5-15(2)21-17(23)11-12-20-18(19-3)22(4)13-14-24-16-9-7-6-8-10-16/h6-10,15H,5,11-14H2,1-4H3,(H,19,20)(H,21,23). The molecule has 1 atom stereocenters. The monoisotopic (exact) mass is 334 g/mol. The molecule has 0 fully saturated rings. The number of hydrogen-bond acceptors (Lipinski definition) is 3. The number of carbonyl (C=O) groups is 1. The molecule has 1 aromatic carbocycles. The maximum absolute atomic E-state index is 11.8. The zero-order valence-electron chi connectivity index (χ0n) is 15.2. The van der Waals surface area contributed by atoms with Crippen molar-refractivity contribution in [1.29, 1.82) is 0 Å². The number of ether oxygens (including phenoxy) is 1. The minimum atomic E-state index is 0.0577. The Labute approximate surface area is 145 Å². The fraction of sp³-hybridized carbons (Fsp3) is 0.556. The summed E-state index contributed by atoms with van der Waals surface area (Å²) in [4.78, 5) is 18.0. The molecule has 0 aromatic heterocycles. The maximum atomic E-state index is 11.8. The Hall–Kier alpha value is -2.24. The Morgan fingerprint density at radius 1 is 1.33 bits per heavy atom. The Morgan fingerprint density at radius 3 is 2.67 bits per heavy atom. The summed E-state index contributed by atoms with van der Waals surface area (Å²) >= 11 is 0. The van der Waals surface area contributed by atoms with Crippen molar-refractivity contribution in [2.75, 3.05) is 33.8 Å². The predicted octanol–water partition coefficient (Wildman–Crippen LogP) is 1.88. The molecule has 1 amide bonds.